The van der Waals surface area contributed by atoms with Crippen molar-refractivity contribution in [3.63, 3.8) is 0 Å². The van der Waals surface area contributed by atoms with Gasteiger partial charge in [0.25, 0.3) is 5.56 Å². The zero-order chi connectivity index (χ0) is 12.3. The molecule has 18 heavy (non-hydrogen) atoms. The maximum absolute atomic E-state index is 12.0. The van der Waals surface area contributed by atoms with Crippen LogP contribution in [0.15, 0.2) is 15.3 Å². The average molecular weight is 278 g/mol. The lowest BCUT2D eigenvalue weighted by Gasteiger charge is -2.01. The Morgan fingerprint density at radius 1 is 1.56 bits per heavy atom. The van der Waals surface area contributed by atoms with E-state index in [0.717, 1.165) is 38.4 Å². The van der Waals surface area contributed by atoms with Gasteiger partial charge in [-0.15, -0.1) is 11.3 Å². The van der Waals surface area contributed by atoms with Gasteiger partial charge in [-0.1, -0.05) is 11.8 Å². The number of nitrogens with zero attached hydrogens (tertiary/aromatic N) is 3. The van der Waals surface area contributed by atoms with Crippen molar-refractivity contribution in [2.24, 2.45) is 0 Å². The summed E-state index contributed by atoms with van der Waals surface area (Å²) >= 11 is 3.28. The van der Waals surface area contributed by atoms with Gasteiger partial charge in [0, 0.05) is 11.4 Å². The summed E-state index contributed by atoms with van der Waals surface area (Å²) in [7, 11) is 0. The van der Waals surface area contributed by atoms with Crippen LogP contribution in [-0.4, -0.2) is 26.0 Å². The Bertz CT molecular complexity index is 812. The molecule has 0 spiro atoms. The number of thiazole rings is 1. The molecule has 4 rings (SSSR count). The van der Waals surface area contributed by atoms with E-state index >= 15 is 0 Å². The molecule has 0 radical (unpaired) electrons. The van der Waals surface area contributed by atoms with E-state index in [1.807, 2.05) is 6.26 Å². The number of aromatic nitrogens is 4. The molecule has 1 aliphatic carbocycles. The van der Waals surface area contributed by atoms with Crippen LogP contribution in [0.1, 0.15) is 18.9 Å². The molecule has 7 heteroatoms. The lowest BCUT2D eigenvalue weighted by Crippen LogP contribution is -2.11. The summed E-state index contributed by atoms with van der Waals surface area (Å²) in [5, 5.41) is 7.36. The predicted molar refractivity (Wildman–Crippen MR) is 73.6 cm³/mol. The highest BCUT2D eigenvalue weighted by Crippen LogP contribution is 2.43. The number of rotatable bonds is 2. The monoisotopic (exact) mass is 278 g/mol. The maximum Gasteiger partial charge on any atom is 0.288 e. The first kappa shape index (κ1) is 10.6. The van der Waals surface area contributed by atoms with Gasteiger partial charge in [-0.3, -0.25) is 4.79 Å². The molecular formula is C11H10N4OS2. The van der Waals surface area contributed by atoms with E-state index in [2.05, 4.69) is 19.7 Å². The van der Waals surface area contributed by atoms with Crippen molar-refractivity contribution in [1.82, 2.24) is 19.7 Å². The van der Waals surface area contributed by atoms with Gasteiger partial charge in [0.2, 0.25) is 0 Å². The second-order valence-electron chi connectivity index (χ2n) is 4.40. The molecule has 1 saturated carbocycles. The number of thioether (sulfide) groups is 1. The van der Waals surface area contributed by atoms with E-state index in [1.165, 1.54) is 0 Å². The van der Waals surface area contributed by atoms with E-state index in [1.54, 1.807) is 29.3 Å². The van der Waals surface area contributed by atoms with Gasteiger partial charge in [-0.05, 0) is 19.1 Å². The van der Waals surface area contributed by atoms with Crippen molar-refractivity contribution in [2.75, 3.05) is 6.26 Å². The zero-order valence-electron chi connectivity index (χ0n) is 9.64. The highest BCUT2D eigenvalue weighted by Gasteiger charge is 2.30. The molecule has 5 nitrogen and oxygen atoms in total. The Balaban J connectivity index is 2.23. The highest BCUT2D eigenvalue weighted by atomic mass is 32.2. The molecule has 0 aromatic carbocycles. The van der Waals surface area contributed by atoms with Gasteiger partial charge in [0.05, 0.1) is 10.9 Å². The molecule has 0 bridgehead atoms. The van der Waals surface area contributed by atoms with Gasteiger partial charge in [-0.2, -0.15) is 5.10 Å². The van der Waals surface area contributed by atoms with Crippen LogP contribution in [0.2, 0.25) is 0 Å². The fourth-order valence-electron chi connectivity index (χ4n) is 2.31. The summed E-state index contributed by atoms with van der Waals surface area (Å²) in [4.78, 5) is 16.6. The lowest BCUT2D eigenvalue weighted by molar-refractivity contribution is 0.786. The van der Waals surface area contributed by atoms with Crippen molar-refractivity contribution in [1.29, 1.82) is 0 Å². The third-order valence-corrected chi connectivity index (χ3v) is 5.28. The van der Waals surface area contributed by atoms with Crippen LogP contribution in [-0.2, 0) is 0 Å². The van der Waals surface area contributed by atoms with Crippen molar-refractivity contribution in [3.05, 3.63) is 16.6 Å². The molecule has 0 aliphatic heterocycles. The number of aromatic amines is 1. The minimum Gasteiger partial charge on any atom is -0.317 e. The van der Waals surface area contributed by atoms with Gasteiger partial charge in [0.1, 0.15) is 5.52 Å². The second-order valence-corrected chi connectivity index (χ2v) is 6.45. The van der Waals surface area contributed by atoms with Crippen LogP contribution in [0.5, 0.6) is 0 Å². The van der Waals surface area contributed by atoms with Crippen LogP contribution in [0.25, 0.3) is 21.3 Å². The van der Waals surface area contributed by atoms with E-state index in [4.69, 9.17) is 0 Å². The molecule has 3 aromatic rings. The van der Waals surface area contributed by atoms with E-state index in [-0.39, 0.29) is 5.56 Å². The van der Waals surface area contributed by atoms with Gasteiger partial charge in [-0.25, -0.2) is 10.1 Å². The number of nitrogens with one attached hydrogen (secondary N) is 1. The molecule has 1 aliphatic rings. The fraction of sp³-hybridized carbons (Fsp3) is 0.364. The largest absolute Gasteiger partial charge is 0.317 e. The molecule has 0 atom stereocenters. The topological polar surface area (TPSA) is 63.6 Å². The van der Waals surface area contributed by atoms with Crippen molar-refractivity contribution >= 4 is 44.3 Å². The van der Waals surface area contributed by atoms with E-state index in [9.17, 15) is 4.79 Å². The minimum atomic E-state index is -0.115. The van der Waals surface area contributed by atoms with Gasteiger partial charge >= 0.3 is 0 Å². The first-order valence-corrected chi connectivity index (χ1v) is 7.76. The van der Waals surface area contributed by atoms with Gasteiger partial charge in [0.15, 0.2) is 9.99 Å². The summed E-state index contributed by atoms with van der Waals surface area (Å²) in [6, 6.07) is 0.435. The molecule has 0 unspecified atom stereocenters. The SMILES string of the molecule is CSc1nc2c(s1)c1cn[nH]c(=O)c1n2C1CC1. The average Bonchev–Trinajstić information content (AvgIpc) is 3.03. The molecule has 0 saturated heterocycles. The quantitative estimate of drug-likeness (QED) is 0.731. The molecule has 3 heterocycles. The third kappa shape index (κ3) is 1.31. The van der Waals surface area contributed by atoms with Crippen molar-refractivity contribution in [2.45, 2.75) is 23.2 Å². The summed E-state index contributed by atoms with van der Waals surface area (Å²) < 4.78 is 4.22. The predicted octanol–water partition coefficient (Wildman–Crippen LogP) is 2.39. The first-order valence-electron chi connectivity index (χ1n) is 5.71. The third-order valence-electron chi connectivity index (χ3n) is 3.22. The normalized spacial score (nSPS) is 15.8. The molecule has 1 fully saturated rings. The Hall–Kier alpha value is -1.34. The molecule has 3 aromatic heterocycles. The van der Waals surface area contributed by atoms with Crippen LogP contribution in [0.4, 0.5) is 0 Å². The minimum absolute atomic E-state index is 0.115. The highest BCUT2D eigenvalue weighted by molar-refractivity contribution is 8.00. The van der Waals surface area contributed by atoms with Crippen LogP contribution >= 0.6 is 23.1 Å². The number of fused-ring (bicyclic) bond motifs is 3. The van der Waals surface area contributed by atoms with Gasteiger partial charge < -0.3 is 4.57 Å². The summed E-state index contributed by atoms with van der Waals surface area (Å²) in [6.07, 6.45) is 6.02. The number of hydrogen-bond acceptors (Lipinski definition) is 5. The van der Waals surface area contributed by atoms with E-state index in [0.29, 0.717) is 6.04 Å². The van der Waals surface area contributed by atoms with Crippen LogP contribution in [0.3, 0.4) is 0 Å². The van der Waals surface area contributed by atoms with Crippen molar-refractivity contribution in [3.8, 4) is 0 Å². The first-order chi connectivity index (χ1) is 8.79. The summed E-state index contributed by atoms with van der Waals surface area (Å²) in [5.74, 6) is 0. The maximum atomic E-state index is 12.0. The molecule has 0 amide bonds. The van der Waals surface area contributed by atoms with Crippen molar-refractivity contribution < 1.29 is 0 Å². The number of hydrogen-bond donors (Lipinski definition) is 1. The lowest BCUT2D eigenvalue weighted by atomic mass is 10.4. The fourth-order valence-corrected chi connectivity index (χ4v) is 3.87. The smallest absolute Gasteiger partial charge is 0.288 e. The Labute approximate surface area is 110 Å². The molecule has 1 N–H and O–H groups in total. The second kappa shape index (κ2) is 3.58. The Kier molecular flexibility index (Phi) is 2.10. The Morgan fingerprint density at radius 2 is 2.39 bits per heavy atom. The van der Waals surface area contributed by atoms with Crippen LogP contribution in [0, 0.1) is 0 Å². The Morgan fingerprint density at radius 3 is 3.11 bits per heavy atom. The number of H-pyrrole nitrogens is 1. The summed E-state index contributed by atoms with van der Waals surface area (Å²) in [5.41, 5.74) is 1.56. The standard InChI is InChI=1S/C11H10N4OS2/c1-17-11-13-9-8(18-11)6-4-12-14-10(16)7(6)15(9)5-2-3-5/h4-5H,2-3H2,1H3,(H,14,16). The van der Waals surface area contributed by atoms with E-state index < -0.39 is 0 Å². The zero-order valence-corrected chi connectivity index (χ0v) is 11.3. The van der Waals surface area contributed by atoms with Crippen LogP contribution < -0.4 is 5.56 Å². The molecule has 92 valence electrons. The summed E-state index contributed by atoms with van der Waals surface area (Å²) in [6.45, 7) is 0. The molecular weight excluding hydrogens is 268 g/mol.